The van der Waals surface area contributed by atoms with Crippen LogP contribution in [0.4, 0.5) is 0 Å². The van der Waals surface area contributed by atoms with Crippen LogP contribution in [-0.4, -0.2) is 53.1 Å². The summed E-state index contributed by atoms with van der Waals surface area (Å²) in [6, 6.07) is 19.5. The van der Waals surface area contributed by atoms with Crippen LogP contribution in [0.2, 0.25) is 0 Å². The molecule has 0 unspecified atom stereocenters. The average Bonchev–Trinajstić information content (AvgIpc) is 2.92. The van der Waals surface area contributed by atoms with Crippen LogP contribution in [0.25, 0.3) is 0 Å². The first kappa shape index (κ1) is 30.1. The molecule has 39 heavy (non-hydrogen) atoms. The van der Waals surface area contributed by atoms with Crippen LogP contribution >= 0.6 is 0 Å². The number of carbonyl (C=O) groups is 3. The number of allylic oxidation sites excluding steroid dienone is 2. The van der Waals surface area contributed by atoms with E-state index in [0.29, 0.717) is 25.8 Å². The predicted octanol–water partition coefficient (Wildman–Crippen LogP) is 4.44. The van der Waals surface area contributed by atoms with Crippen LogP contribution in [-0.2, 0) is 32.1 Å². The van der Waals surface area contributed by atoms with Crippen molar-refractivity contribution in [3.8, 4) is 0 Å². The van der Waals surface area contributed by atoms with Gasteiger partial charge in [0.25, 0.3) is 0 Å². The summed E-state index contributed by atoms with van der Waals surface area (Å²) < 4.78 is 5.71. The monoisotopic (exact) mass is 534 g/mol. The number of esters is 1. The molecule has 3 rings (SSSR count). The van der Waals surface area contributed by atoms with E-state index in [1.165, 1.54) is 0 Å². The lowest BCUT2D eigenvalue weighted by Gasteiger charge is -2.30. The number of rotatable bonds is 8. The number of nitrogens with one attached hydrogen (secondary N) is 1. The van der Waals surface area contributed by atoms with Crippen LogP contribution in [0.5, 0.6) is 0 Å². The quantitative estimate of drug-likeness (QED) is 0.386. The van der Waals surface area contributed by atoms with Gasteiger partial charge in [0.1, 0.15) is 6.61 Å². The maximum Gasteiger partial charge on any atom is 0.309 e. The molecule has 0 fully saturated rings. The fourth-order valence-electron chi connectivity index (χ4n) is 4.74. The highest BCUT2D eigenvalue weighted by molar-refractivity contribution is 5.86. The van der Waals surface area contributed by atoms with Gasteiger partial charge >= 0.3 is 5.97 Å². The molecule has 2 aromatic carbocycles. The Kier molecular flexibility index (Phi) is 11.7. The van der Waals surface area contributed by atoms with Crippen molar-refractivity contribution in [2.45, 2.75) is 64.5 Å². The molecule has 0 bridgehead atoms. The van der Waals surface area contributed by atoms with Crippen molar-refractivity contribution in [2.75, 3.05) is 19.8 Å². The smallest absolute Gasteiger partial charge is 0.309 e. The molecule has 210 valence electrons. The molecule has 1 heterocycles. The highest BCUT2D eigenvalue weighted by atomic mass is 16.5. The van der Waals surface area contributed by atoms with Gasteiger partial charge in [-0.25, -0.2) is 0 Å². The molecule has 0 radical (unpaired) electrons. The van der Waals surface area contributed by atoms with E-state index >= 15 is 0 Å². The van der Waals surface area contributed by atoms with Gasteiger partial charge < -0.3 is 20.1 Å². The molecule has 2 N–H and O–H groups in total. The van der Waals surface area contributed by atoms with Gasteiger partial charge in [-0.05, 0) is 57.1 Å². The molecule has 7 heteroatoms. The Morgan fingerprint density at radius 1 is 1.00 bits per heavy atom. The van der Waals surface area contributed by atoms with E-state index in [-0.39, 0.29) is 49.9 Å². The number of ether oxygens (including phenoxy) is 1. The fourth-order valence-corrected chi connectivity index (χ4v) is 4.74. The van der Waals surface area contributed by atoms with E-state index < -0.39 is 11.5 Å². The molecule has 2 aromatic rings. The van der Waals surface area contributed by atoms with Gasteiger partial charge in [-0.15, -0.1) is 0 Å². The Labute approximate surface area is 232 Å². The SMILES string of the molecule is CC1(C)COC(=O)[C@@H](Cc2ccccc2)CCCC=CC[C@H](CC(=O)N(CCO)Cc2ccccc2)C(=O)N1. The minimum atomic E-state index is -0.798. The van der Waals surface area contributed by atoms with Gasteiger partial charge in [-0.3, -0.25) is 14.4 Å². The van der Waals surface area contributed by atoms with Crippen LogP contribution in [0.15, 0.2) is 72.8 Å². The first-order valence-corrected chi connectivity index (χ1v) is 13.9. The van der Waals surface area contributed by atoms with Crippen molar-refractivity contribution in [1.29, 1.82) is 0 Å². The molecular weight excluding hydrogens is 492 g/mol. The fraction of sp³-hybridized carbons (Fsp3) is 0.469. The van der Waals surface area contributed by atoms with Crippen molar-refractivity contribution in [3.05, 3.63) is 83.9 Å². The summed E-state index contributed by atoms with van der Waals surface area (Å²) in [6.45, 7) is 4.10. The highest BCUT2D eigenvalue weighted by Crippen LogP contribution is 2.21. The normalized spacial score (nSPS) is 20.4. The third-order valence-corrected chi connectivity index (χ3v) is 6.94. The van der Waals surface area contributed by atoms with Crippen LogP contribution < -0.4 is 5.32 Å². The molecule has 1 aliphatic heterocycles. The summed E-state index contributed by atoms with van der Waals surface area (Å²) in [5.74, 6) is -1.52. The minimum absolute atomic E-state index is 0.0258. The first-order valence-electron chi connectivity index (χ1n) is 13.9. The van der Waals surface area contributed by atoms with Crippen molar-refractivity contribution in [3.63, 3.8) is 0 Å². The number of amides is 2. The Bertz CT molecular complexity index is 1080. The Morgan fingerprint density at radius 2 is 1.67 bits per heavy atom. The summed E-state index contributed by atoms with van der Waals surface area (Å²) in [7, 11) is 0. The van der Waals surface area contributed by atoms with E-state index in [2.05, 4.69) is 5.32 Å². The van der Waals surface area contributed by atoms with E-state index in [4.69, 9.17) is 4.74 Å². The van der Waals surface area contributed by atoms with Crippen molar-refractivity contribution in [2.24, 2.45) is 11.8 Å². The Morgan fingerprint density at radius 3 is 2.33 bits per heavy atom. The number of hydrogen-bond donors (Lipinski definition) is 2. The van der Waals surface area contributed by atoms with Gasteiger partial charge in [0.05, 0.1) is 24.0 Å². The molecule has 0 saturated carbocycles. The lowest BCUT2D eigenvalue weighted by Crippen LogP contribution is -2.50. The summed E-state index contributed by atoms with van der Waals surface area (Å²) in [5.41, 5.74) is 1.26. The third-order valence-electron chi connectivity index (χ3n) is 6.94. The molecule has 0 spiro atoms. The van der Waals surface area contributed by atoms with Crippen LogP contribution in [0, 0.1) is 11.8 Å². The zero-order chi connectivity index (χ0) is 28.1. The zero-order valence-electron chi connectivity index (χ0n) is 23.2. The second-order valence-electron chi connectivity index (χ2n) is 10.9. The molecule has 0 saturated heterocycles. The van der Waals surface area contributed by atoms with Crippen molar-refractivity contribution >= 4 is 17.8 Å². The molecule has 2 atom stereocenters. The average molecular weight is 535 g/mol. The van der Waals surface area contributed by atoms with E-state index in [9.17, 15) is 19.5 Å². The molecule has 1 aliphatic rings. The summed E-state index contributed by atoms with van der Waals surface area (Å²) in [6.07, 6.45) is 7.38. The number of aliphatic hydroxyl groups excluding tert-OH is 1. The second kappa shape index (κ2) is 15.2. The van der Waals surface area contributed by atoms with Crippen LogP contribution in [0.3, 0.4) is 0 Å². The third kappa shape index (κ3) is 10.3. The summed E-state index contributed by atoms with van der Waals surface area (Å²) in [5, 5.41) is 12.5. The number of carbonyl (C=O) groups excluding carboxylic acids is 3. The molecule has 0 aliphatic carbocycles. The van der Waals surface area contributed by atoms with Crippen LogP contribution in [0.1, 0.15) is 57.1 Å². The first-order chi connectivity index (χ1) is 18.8. The second-order valence-corrected chi connectivity index (χ2v) is 10.9. The number of hydrogen-bond acceptors (Lipinski definition) is 5. The van der Waals surface area contributed by atoms with E-state index in [0.717, 1.165) is 24.0 Å². The standard InChI is InChI=1S/C32H42N2O5/c1-32(2)24-39-31(38)28(21-25-13-7-5-8-14-25)18-12-4-3-11-17-27(30(37)33-32)22-29(36)34(19-20-35)23-26-15-9-6-10-16-26/h3,5-11,13-16,27-28,35H,4,12,17-24H2,1-2H3,(H,33,37)/t27-,28-/m1/s1. The van der Waals surface area contributed by atoms with Crippen molar-refractivity contribution in [1.82, 2.24) is 10.2 Å². The Balaban J connectivity index is 1.70. The highest BCUT2D eigenvalue weighted by Gasteiger charge is 2.31. The van der Waals surface area contributed by atoms with Crippen molar-refractivity contribution < 1.29 is 24.2 Å². The summed E-state index contributed by atoms with van der Waals surface area (Å²) in [4.78, 5) is 41.2. The van der Waals surface area contributed by atoms with Gasteiger partial charge in [-0.1, -0.05) is 72.8 Å². The predicted molar refractivity (Wildman–Crippen MR) is 151 cm³/mol. The van der Waals surface area contributed by atoms with Gasteiger partial charge in [0, 0.05) is 19.5 Å². The number of cyclic esters (lactones) is 1. The maximum absolute atomic E-state index is 13.4. The summed E-state index contributed by atoms with van der Waals surface area (Å²) >= 11 is 0. The number of aliphatic hydroxyl groups is 1. The Hall–Kier alpha value is -3.45. The largest absolute Gasteiger partial charge is 0.463 e. The van der Waals surface area contributed by atoms with Gasteiger partial charge in [0.2, 0.25) is 11.8 Å². The lowest BCUT2D eigenvalue weighted by molar-refractivity contribution is -0.151. The van der Waals surface area contributed by atoms with E-state index in [1.807, 2.05) is 86.7 Å². The molecule has 2 amide bonds. The minimum Gasteiger partial charge on any atom is -0.463 e. The maximum atomic E-state index is 13.4. The topological polar surface area (TPSA) is 95.9 Å². The van der Waals surface area contributed by atoms with Gasteiger partial charge in [-0.2, -0.15) is 0 Å². The molecule has 7 nitrogen and oxygen atoms in total. The van der Waals surface area contributed by atoms with Gasteiger partial charge in [0.15, 0.2) is 0 Å². The van der Waals surface area contributed by atoms with E-state index in [1.54, 1.807) is 4.90 Å². The zero-order valence-corrected chi connectivity index (χ0v) is 23.2. The molecular formula is C32H42N2O5. The number of benzene rings is 2. The number of nitrogens with zero attached hydrogens (tertiary/aromatic N) is 1. The molecule has 0 aromatic heterocycles. The lowest BCUT2D eigenvalue weighted by atomic mass is 9.93.